The molecule has 0 saturated carbocycles. The molecule has 0 atom stereocenters. The number of hydrogen-bond acceptors (Lipinski definition) is 4. The first-order chi connectivity index (χ1) is 14.1. The van der Waals surface area contributed by atoms with Crippen LogP contribution in [0.25, 0.3) is 0 Å². The van der Waals surface area contributed by atoms with Gasteiger partial charge in [0.2, 0.25) is 0 Å². The van der Waals surface area contributed by atoms with Gasteiger partial charge in [-0.1, -0.05) is 42.1 Å². The molecular weight excluding hydrogens is 382 g/mol. The summed E-state index contributed by atoms with van der Waals surface area (Å²) in [6, 6.07) is 23.3. The van der Waals surface area contributed by atoms with Crippen LogP contribution in [-0.2, 0) is 11.3 Å². The van der Waals surface area contributed by atoms with E-state index in [-0.39, 0.29) is 12.0 Å². The Bertz CT molecular complexity index is 957. The molecule has 0 fully saturated rings. The van der Waals surface area contributed by atoms with Crippen molar-refractivity contribution in [3.8, 4) is 5.75 Å². The fourth-order valence-corrected chi connectivity index (χ4v) is 3.68. The van der Waals surface area contributed by atoms with Crippen molar-refractivity contribution in [3.63, 3.8) is 0 Å². The first-order valence-corrected chi connectivity index (χ1v) is 10.3. The van der Waals surface area contributed by atoms with Gasteiger partial charge in [0.1, 0.15) is 5.75 Å². The summed E-state index contributed by atoms with van der Waals surface area (Å²) in [5, 5.41) is 3.04. The number of amides is 1. The number of methoxy groups -OCH3 is 1. The van der Waals surface area contributed by atoms with Crippen LogP contribution in [-0.4, -0.2) is 19.1 Å². The smallest absolute Gasteiger partial charge is 0.255 e. The minimum Gasteiger partial charge on any atom is -0.496 e. The molecular formula is C24H25NO3S. The number of benzene rings is 3. The van der Waals surface area contributed by atoms with E-state index in [9.17, 15) is 4.79 Å². The molecule has 0 aliphatic rings. The fourth-order valence-electron chi connectivity index (χ4n) is 2.76. The highest BCUT2D eigenvalue weighted by molar-refractivity contribution is 7.99. The highest BCUT2D eigenvalue weighted by Crippen LogP contribution is 2.33. The number of rotatable bonds is 8. The topological polar surface area (TPSA) is 47.6 Å². The van der Waals surface area contributed by atoms with Crippen molar-refractivity contribution in [3.05, 3.63) is 83.9 Å². The predicted molar refractivity (Wildman–Crippen MR) is 118 cm³/mol. The summed E-state index contributed by atoms with van der Waals surface area (Å²) in [7, 11) is 1.62. The molecule has 150 valence electrons. The Balaban J connectivity index is 1.79. The molecule has 3 rings (SSSR count). The molecule has 0 spiro atoms. The quantitative estimate of drug-likeness (QED) is 0.496. The van der Waals surface area contributed by atoms with E-state index in [4.69, 9.17) is 9.47 Å². The van der Waals surface area contributed by atoms with Gasteiger partial charge in [-0.3, -0.25) is 4.79 Å². The molecule has 0 radical (unpaired) electrons. The van der Waals surface area contributed by atoms with E-state index >= 15 is 0 Å². The Kier molecular flexibility index (Phi) is 7.33. The Hall–Kier alpha value is -2.76. The molecule has 0 heterocycles. The molecule has 0 aliphatic carbocycles. The predicted octanol–water partition coefficient (Wildman–Crippen LogP) is 6.02. The lowest BCUT2D eigenvalue weighted by atomic mass is 10.1. The van der Waals surface area contributed by atoms with Crippen LogP contribution in [0.2, 0.25) is 0 Å². The third kappa shape index (κ3) is 5.86. The number of carbonyl (C=O) groups is 1. The molecule has 0 bridgehead atoms. The normalized spacial score (nSPS) is 10.8. The molecule has 1 N–H and O–H groups in total. The third-order valence-electron chi connectivity index (χ3n) is 4.22. The second kappa shape index (κ2) is 10.1. The van der Waals surface area contributed by atoms with Gasteiger partial charge in [-0.25, -0.2) is 0 Å². The number of ether oxygens (including phenoxy) is 2. The number of anilines is 1. The minimum absolute atomic E-state index is 0.0964. The Labute approximate surface area is 176 Å². The molecule has 29 heavy (non-hydrogen) atoms. The van der Waals surface area contributed by atoms with Crippen molar-refractivity contribution >= 4 is 23.4 Å². The highest BCUT2D eigenvalue weighted by atomic mass is 32.2. The van der Waals surface area contributed by atoms with Gasteiger partial charge in [-0.2, -0.15) is 0 Å². The van der Waals surface area contributed by atoms with E-state index in [0.29, 0.717) is 17.9 Å². The van der Waals surface area contributed by atoms with Crippen LogP contribution < -0.4 is 10.1 Å². The molecule has 0 aliphatic heterocycles. The van der Waals surface area contributed by atoms with E-state index in [1.54, 1.807) is 31.0 Å². The van der Waals surface area contributed by atoms with Crippen molar-refractivity contribution in [2.75, 3.05) is 12.4 Å². The van der Waals surface area contributed by atoms with Crippen molar-refractivity contribution in [1.29, 1.82) is 0 Å². The third-order valence-corrected chi connectivity index (χ3v) is 5.30. The Morgan fingerprint density at radius 1 is 1.00 bits per heavy atom. The van der Waals surface area contributed by atoms with Crippen LogP contribution in [0.1, 0.15) is 29.8 Å². The van der Waals surface area contributed by atoms with Crippen molar-refractivity contribution in [1.82, 2.24) is 0 Å². The van der Waals surface area contributed by atoms with Crippen LogP contribution in [0, 0.1) is 0 Å². The Morgan fingerprint density at radius 2 is 1.72 bits per heavy atom. The van der Waals surface area contributed by atoms with Gasteiger partial charge in [0.15, 0.2) is 0 Å². The van der Waals surface area contributed by atoms with Crippen LogP contribution >= 0.6 is 11.8 Å². The van der Waals surface area contributed by atoms with Gasteiger partial charge >= 0.3 is 0 Å². The van der Waals surface area contributed by atoms with E-state index < -0.39 is 0 Å². The standard InChI is InChI=1S/C24H25NO3S/c1-17(2)28-16-19-15-18(13-14-22(19)27-3)24(26)25-21-11-7-8-12-23(21)29-20-9-5-4-6-10-20/h4-15,17H,16H2,1-3H3,(H,25,26). The van der Waals surface area contributed by atoms with Gasteiger partial charge in [0.25, 0.3) is 5.91 Å². The molecule has 1 amide bonds. The van der Waals surface area contributed by atoms with Gasteiger partial charge < -0.3 is 14.8 Å². The van der Waals surface area contributed by atoms with E-state index in [0.717, 1.165) is 21.0 Å². The molecule has 3 aromatic rings. The summed E-state index contributed by atoms with van der Waals surface area (Å²) in [6.07, 6.45) is 0.0964. The van der Waals surface area contributed by atoms with Gasteiger partial charge in [-0.05, 0) is 56.3 Å². The van der Waals surface area contributed by atoms with Crippen LogP contribution in [0.5, 0.6) is 5.75 Å². The first-order valence-electron chi connectivity index (χ1n) is 9.48. The molecule has 0 aromatic heterocycles. The summed E-state index contributed by atoms with van der Waals surface area (Å²) in [6.45, 7) is 4.34. The number of nitrogens with one attached hydrogen (secondary N) is 1. The molecule has 4 nitrogen and oxygen atoms in total. The lowest BCUT2D eigenvalue weighted by molar-refractivity contribution is 0.0644. The monoisotopic (exact) mass is 407 g/mol. The summed E-state index contributed by atoms with van der Waals surface area (Å²) in [4.78, 5) is 15.0. The minimum atomic E-state index is -0.167. The molecule has 5 heteroatoms. The van der Waals surface area contributed by atoms with Crippen LogP contribution in [0.4, 0.5) is 5.69 Å². The maximum atomic E-state index is 12.9. The summed E-state index contributed by atoms with van der Waals surface area (Å²) in [5.41, 5.74) is 2.19. The molecule has 0 saturated heterocycles. The number of hydrogen-bond donors (Lipinski definition) is 1. The maximum absolute atomic E-state index is 12.9. The van der Waals surface area contributed by atoms with E-state index in [1.807, 2.05) is 74.5 Å². The van der Waals surface area contributed by atoms with E-state index in [2.05, 4.69) is 5.32 Å². The van der Waals surface area contributed by atoms with E-state index in [1.165, 1.54) is 0 Å². The van der Waals surface area contributed by atoms with Crippen molar-refractivity contribution in [2.24, 2.45) is 0 Å². The zero-order valence-electron chi connectivity index (χ0n) is 16.8. The lowest BCUT2D eigenvalue weighted by Crippen LogP contribution is -2.13. The van der Waals surface area contributed by atoms with Crippen molar-refractivity contribution in [2.45, 2.75) is 36.3 Å². The summed E-state index contributed by atoms with van der Waals surface area (Å²) in [5.74, 6) is 0.543. The van der Waals surface area contributed by atoms with Gasteiger partial charge in [0, 0.05) is 20.9 Å². The number of carbonyl (C=O) groups excluding carboxylic acids is 1. The number of para-hydroxylation sites is 1. The lowest BCUT2D eigenvalue weighted by Gasteiger charge is -2.14. The van der Waals surface area contributed by atoms with Crippen LogP contribution in [0.3, 0.4) is 0 Å². The SMILES string of the molecule is COc1ccc(C(=O)Nc2ccccc2Sc2ccccc2)cc1COC(C)C. The highest BCUT2D eigenvalue weighted by Gasteiger charge is 2.13. The fraction of sp³-hybridized carbons (Fsp3) is 0.208. The van der Waals surface area contributed by atoms with Crippen LogP contribution in [0.15, 0.2) is 82.6 Å². The van der Waals surface area contributed by atoms with Gasteiger partial charge in [0.05, 0.1) is 25.5 Å². The Morgan fingerprint density at radius 3 is 2.45 bits per heavy atom. The second-order valence-electron chi connectivity index (χ2n) is 6.75. The first kappa shape index (κ1) is 21.0. The molecule has 0 unspecified atom stereocenters. The average molecular weight is 408 g/mol. The van der Waals surface area contributed by atoms with Gasteiger partial charge in [-0.15, -0.1) is 0 Å². The zero-order valence-corrected chi connectivity index (χ0v) is 17.7. The zero-order chi connectivity index (χ0) is 20.6. The average Bonchev–Trinajstić information content (AvgIpc) is 2.74. The molecule has 3 aromatic carbocycles. The largest absolute Gasteiger partial charge is 0.496 e. The maximum Gasteiger partial charge on any atom is 0.255 e. The summed E-state index contributed by atoms with van der Waals surface area (Å²) < 4.78 is 11.1. The second-order valence-corrected chi connectivity index (χ2v) is 7.87. The van der Waals surface area contributed by atoms with Crippen molar-refractivity contribution < 1.29 is 14.3 Å². The summed E-state index contributed by atoms with van der Waals surface area (Å²) >= 11 is 1.62.